The molecular formula is C22H32N7O12P. The minimum atomic E-state index is -4.39. The van der Waals surface area contributed by atoms with Crippen molar-refractivity contribution in [1.29, 1.82) is 0 Å². The summed E-state index contributed by atoms with van der Waals surface area (Å²) in [5.74, 6) is -1.06. The Kier molecular flexibility index (Phi) is 11.0. The summed E-state index contributed by atoms with van der Waals surface area (Å²) in [4.78, 5) is 56.7. The molecule has 2 aromatic heterocycles. The van der Waals surface area contributed by atoms with Crippen molar-refractivity contribution in [3.05, 3.63) is 12.7 Å². The van der Waals surface area contributed by atoms with Crippen LogP contribution in [0.15, 0.2) is 12.7 Å². The molecule has 5 atom stereocenters. The Balaban J connectivity index is 1.18. The maximum Gasteiger partial charge on any atom is 0.472 e. The van der Waals surface area contributed by atoms with Crippen LogP contribution in [0.4, 0.5) is 10.6 Å². The Bertz CT molecular complexity index is 1300. The molecule has 2 aliphatic heterocycles. The zero-order valence-electron chi connectivity index (χ0n) is 22.3. The molecule has 20 heteroatoms. The number of ether oxygens (including phenoxy) is 4. The van der Waals surface area contributed by atoms with Gasteiger partial charge in [-0.05, 0) is 6.42 Å². The maximum atomic E-state index is 12.6. The van der Waals surface area contributed by atoms with Gasteiger partial charge < -0.3 is 45.3 Å². The van der Waals surface area contributed by atoms with Gasteiger partial charge in [-0.1, -0.05) is 0 Å². The van der Waals surface area contributed by atoms with Crippen molar-refractivity contribution in [1.82, 2.24) is 30.2 Å². The second-order valence-electron chi connectivity index (χ2n) is 9.10. The minimum absolute atomic E-state index is 0.0598. The van der Waals surface area contributed by atoms with Gasteiger partial charge in [-0.3, -0.25) is 23.2 Å². The SMILES string of the molecule is Nc1ncnc2c1ncn2C1OC2COP(=O)(O)OC2C1OC(=O)NCCOCCOCCNC(=O)CCCC(=O)O. The quantitative estimate of drug-likeness (QED) is 0.122. The molecular weight excluding hydrogens is 585 g/mol. The van der Waals surface area contributed by atoms with Crippen LogP contribution < -0.4 is 16.4 Å². The van der Waals surface area contributed by atoms with Crippen molar-refractivity contribution in [2.24, 2.45) is 0 Å². The maximum absolute atomic E-state index is 12.6. The first-order chi connectivity index (χ1) is 20.1. The highest BCUT2D eigenvalue weighted by atomic mass is 31.2. The van der Waals surface area contributed by atoms with Gasteiger partial charge in [-0.25, -0.2) is 24.3 Å². The monoisotopic (exact) mass is 617 g/mol. The van der Waals surface area contributed by atoms with Crippen molar-refractivity contribution in [2.45, 2.75) is 43.8 Å². The highest BCUT2D eigenvalue weighted by molar-refractivity contribution is 7.47. The first-order valence-corrected chi connectivity index (χ1v) is 14.5. The fourth-order valence-electron chi connectivity index (χ4n) is 4.19. The molecule has 2 saturated heterocycles. The van der Waals surface area contributed by atoms with Crippen LogP contribution in [0.3, 0.4) is 0 Å². The van der Waals surface area contributed by atoms with Crippen molar-refractivity contribution in [3.8, 4) is 0 Å². The number of nitrogens with two attached hydrogens (primary N) is 1. The molecule has 2 aliphatic rings. The van der Waals surface area contributed by atoms with E-state index in [0.717, 1.165) is 0 Å². The molecule has 0 bridgehead atoms. The third-order valence-corrected chi connectivity index (χ3v) is 7.08. The first kappa shape index (κ1) is 31.5. The second kappa shape index (κ2) is 14.6. The number of phosphoric acid groups is 1. The summed E-state index contributed by atoms with van der Waals surface area (Å²) in [5.41, 5.74) is 6.45. The molecule has 5 unspecified atom stereocenters. The molecule has 4 heterocycles. The van der Waals surface area contributed by atoms with Crippen LogP contribution in [0.1, 0.15) is 25.5 Å². The van der Waals surface area contributed by atoms with Gasteiger partial charge in [-0.2, -0.15) is 0 Å². The van der Waals surface area contributed by atoms with Gasteiger partial charge in [0.25, 0.3) is 0 Å². The van der Waals surface area contributed by atoms with E-state index < -0.39 is 44.4 Å². The number of amides is 2. The Morgan fingerprint density at radius 3 is 2.57 bits per heavy atom. The van der Waals surface area contributed by atoms with Gasteiger partial charge >= 0.3 is 19.9 Å². The summed E-state index contributed by atoms with van der Waals surface area (Å²) in [5, 5.41) is 13.7. The summed E-state index contributed by atoms with van der Waals surface area (Å²) in [6.45, 7) is 0.954. The van der Waals surface area contributed by atoms with E-state index in [-0.39, 0.29) is 77.1 Å². The number of fused-ring (bicyclic) bond motifs is 2. The number of carboxylic acids is 1. The molecule has 2 fully saturated rings. The average molecular weight is 618 g/mol. The van der Waals surface area contributed by atoms with Crippen LogP contribution in [0, 0.1) is 0 Å². The molecule has 232 valence electrons. The van der Waals surface area contributed by atoms with Crippen molar-refractivity contribution in [3.63, 3.8) is 0 Å². The number of rotatable bonds is 15. The average Bonchev–Trinajstić information content (AvgIpc) is 3.51. The number of anilines is 1. The van der Waals surface area contributed by atoms with Crippen LogP contribution >= 0.6 is 7.82 Å². The van der Waals surface area contributed by atoms with Gasteiger partial charge in [0.05, 0.1) is 39.4 Å². The summed E-state index contributed by atoms with van der Waals surface area (Å²) in [6, 6.07) is 0. The predicted octanol–water partition coefficient (Wildman–Crippen LogP) is -0.679. The lowest BCUT2D eigenvalue weighted by atomic mass is 10.1. The third kappa shape index (κ3) is 8.54. The van der Waals surface area contributed by atoms with Crippen LogP contribution in [-0.4, -0.2) is 112 Å². The molecule has 6 N–H and O–H groups in total. The normalized spacial score (nSPS) is 25.2. The van der Waals surface area contributed by atoms with Crippen molar-refractivity contribution < 1.29 is 56.9 Å². The van der Waals surface area contributed by atoms with Gasteiger partial charge in [0.1, 0.15) is 24.1 Å². The zero-order chi connectivity index (χ0) is 30.1. The lowest BCUT2D eigenvalue weighted by Crippen LogP contribution is -2.43. The topological polar surface area (TPSA) is 258 Å². The number of carbonyl (C=O) groups is 3. The van der Waals surface area contributed by atoms with Crippen LogP contribution in [-0.2, 0) is 42.1 Å². The van der Waals surface area contributed by atoms with Crippen LogP contribution in [0.2, 0.25) is 0 Å². The summed E-state index contributed by atoms with van der Waals surface area (Å²) in [6.07, 6.45) is -2.06. The Labute approximate surface area is 238 Å². The van der Waals surface area contributed by atoms with E-state index >= 15 is 0 Å². The molecule has 2 aromatic rings. The number of phosphoric ester groups is 1. The number of aliphatic carboxylic acids is 1. The zero-order valence-corrected chi connectivity index (χ0v) is 23.2. The number of aromatic nitrogens is 4. The smallest absolute Gasteiger partial charge is 0.472 e. The standard InChI is InChI=1S/C22H32N7O12P/c23-19-16-20(27-11-26-19)29(12-28-16)21-18(17-13(39-21)10-38-42(34,35)41-17)40-22(33)25-5-7-37-9-8-36-6-4-24-14(30)2-1-3-15(31)32/h11-13,17-18,21H,1-10H2,(H,24,30)(H,25,33)(H,31,32)(H,34,35)(H2,23,26,27). The fraction of sp³-hybridized carbons (Fsp3) is 0.636. The van der Waals surface area contributed by atoms with E-state index in [1.807, 2.05) is 0 Å². The number of hydrogen-bond acceptors (Lipinski definition) is 14. The van der Waals surface area contributed by atoms with Crippen LogP contribution in [0.5, 0.6) is 0 Å². The number of carboxylic acid groups (broad SMARTS) is 1. The second-order valence-corrected chi connectivity index (χ2v) is 10.5. The molecule has 0 saturated carbocycles. The number of imidazole rings is 1. The van der Waals surface area contributed by atoms with Gasteiger partial charge in [0.2, 0.25) is 5.91 Å². The van der Waals surface area contributed by atoms with E-state index in [1.165, 1.54) is 17.2 Å². The molecule has 0 aliphatic carbocycles. The third-order valence-electron chi connectivity index (χ3n) is 6.10. The summed E-state index contributed by atoms with van der Waals surface area (Å²) in [7, 11) is -4.39. The van der Waals surface area contributed by atoms with E-state index in [1.54, 1.807) is 0 Å². The molecule has 0 radical (unpaired) electrons. The van der Waals surface area contributed by atoms with E-state index in [4.69, 9.17) is 38.8 Å². The molecule has 42 heavy (non-hydrogen) atoms. The van der Waals surface area contributed by atoms with Crippen LogP contribution in [0.25, 0.3) is 11.2 Å². The first-order valence-electron chi connectivity index (χ1n) is 13.0. The van der Waals surface area contributed by atoms with E-state index in [2.05, 4.69) is 25.6 Å². The number of nitrogens with zero attached hydrogens (tertiary/aromatic N) is 4. The number of carbonyl (C=O) groups excluding carboxylic acids is 2. The number of nitrogens with one attached hydrogen (secondary N) is 2. The summed E-state index contributed by atoms with van der Waals surface area (Å²) >= 11 is 0. The lowest BCUT2D eigenvalue weighted by molar-refractivity contribution is -0.137. The van der Waals surface area contributed by atoms with Crippen molar-refractivity contribution in [2.75, 3.05) is 51.9 Å². The minimum Gasteiger partial charge on any atom is -0.481 e. The molecule has 4 rings (SSSR count). The lowest BCUT2D eigenvalue weighted by Gasteiger charge is -2.29. The van der Waals surface area contributed by atoms with E-state index in [0.29, 0.717) is 11.2 Å². The predicted molar refractivity (Wildman–Crippen MR) is 139 cm³/mol. The Morgan fingerprint density at radius 1 is 1.10 bits per heavy atom. The highest BCUT2D eigenvalue weighted by Crippen LogP contribution is 2.53. The fourth-order valence-corrected chi connectivity index (χ4v) is 5.15. The molecule has 0 spiro atoms. The summed E-state index contributed by atoms with van der Waals surface area (Å²) < 4.78 is 45.8. The van der Waals surface area contributed by atoms with Gasteiger partial charge in [0.15, 0.2) is 23.8 Å². The number of nitrogen functional groups attached to an aromatic ring is 1. The van der Waals surface area contributed by atoms with Gasteiger partial charge in [0, 0.05) is 25.9 Å². The molecule has 2 amide bonds. The largest absolute Gasteiger partial charge is 0.481 e. The number of alkyl carbamates (subject to hydrolysis) is 1. The van der Waals surface area contributed by atoms with Crippen molar-refractivity contribution >= 4 is 42.8 Å². The number of hydrogen-bond donors (Lipinski definition) is 5. The Hall–Kier alpha value is -3.45. The van der Waals surface area contributed by atoms with E-state index in [9.17, 15) is 23.8 Å². The molecule has 0 aromatic carbocycles. The molecule has 19 nitrogen and oxygen atoms in total. The van der Waals surface area contributed by atoms with Gasteiger partial charge in [-0.15, -0.1) is 0 Å². The highest BCUT2D eigenvalue weighted by Gasteiger charge is 2.55. The Morgan fingerprint density at radius 2 is 1.83 bits per heavy atom.